The molecule has 106 valence electrons. The number of fused-ring (bicyclic) bond motifs is 1. The summed E-state index contributed by atoms with van der Waals surface area (Å²) in [4.78, 5) is 6.84. The van der Waals surface area contributed by atoms with Crippen LogP contribution in [-0.2, 0) is 0 Å². The van der Waals surface area contributed by atoms with E-state index in [9.17, 15) is 0 Å². The summed E-state index contributed by atoms with van der Waals surface area (Å²) >= 11 is 1.73. The molecule has 21 heavy (non-hydrogen) atoms. The molecule has 1 heterocycles. The molecule has 3 heteroatoms. The number of aromatic nitrogens is 1. The molecule has 0 bridgehead atoms. The number of nitrogens with two attached hydrogens (primary N) is 1. The van der Waals surface area contributed by atoms with E-state index < -0.39 is 0 Å². The molecule has 2 N–H and O–H groups in total. The molecule has 2 aromatic carbocycles. The number of anilines is 1. The van der Waals surface area contributed by atoms with Crippen molar-refractivity contribution in [1.82, 2.24) is 4.98 Å². The maximum atomic E-state index is 6.02. The van der Waals surface area contributed by atoms with Gasteiger partial charge in [0.05, 0.1) is 5.52 Å². The predicted molar refractivity (Wildman–Crippen MR) is 90.8 cm³/mol. The van der Waals surface area contributed by atoms with Crippen molar-refractivity contribution in [2.45, 2.75) is 29.6 Å². The summed E-state index contributed by atoms with van der Waals surface area (Å²) in [6.07, 6.45) is 1.81. The number of hydrogen-bond donors (Lipinski definition) is 1. The van der Waals surface area contributed by atoms with Gasteiger partial charge in [-0.2, -0.15) is 0 Å². The highest BCUT2D eigenvalue weighted by atomic mass is 32.2. The molecule has 0 unspecified atom stereocenters. The molecule has 0 fully saturated rings. The quantitative estimate of drug-likeness (QED) is 0.684. The molecule has 2 nitrogen and oxygen atoms in total. The van der Waals surface area contributed by atoms with E-state index in [1.165, 1.54) is 10.5 Å². The smallest absolute Gasteiger partial charge is 0.0861 e. The number of benzene rings is 2. The Morgan fingerprint density at radius 2 is 1.76 bits per heavy atom. The minimum Gasteiger partial charge on any atom is -0.398 e. The molecule has 3 rings (SSSR count). The third-order valence-electron chi connectivity index (χ3n) is 3.54. The van der Waals surface area contributed by atoms with Gasteiger partial charge in [-0.15, -0.1) is 0 Å². The Hall–Kier alpha value is -2.00. The van der Waals surface area contributed by atoms with E-state index in [2.05, 4.69) is 43.1 Å². The van der Waals surface area contributed by atoms with Crippen LogP contribution in [0.1, 0.15) is 25.3 Å². The van der Waals surface area contributed by atoms with Gasteiger partial charge in [-0.1, -0.05) is 37.7 Å². The molecule has 0 aliphatic carbocycles. The molecule has 0 atom stereocenters. The summed E-state index contributed by atoms with van der Waals surface area (Å²) < 4.78 is 0. The zero-order valence-electron chi connectivity index (χ0n) is 12.2. The van der Waals surface area contributed by atoms with Crippen LogP contribution in [-0.4, -0.2) is 4.98 Å². The Morgan fingerprint density at radius 3 is 2.48 bits per heavy atom. The van der Waals surface area contributed by atoms with Crippen molar-refractivity contribution in [1.29, 1.82) is 0 Å². The van der Waals surface area contributed by atoms with E-state index in [-0.39, 0.29) is 0 Å². The van der Waals surface area contributed by atoms with E-state index in [0.29, 0.717) is 5.92 Å². The monoisotopic (exact) mass is 294 g/mol. The highest BCUT2D eigenvalue weighted by molar-refractivity contribution is 7.99. The van der Waals surface area contributed by atoms with E-state index in [4.69, 9.17) is 5.73 Å². The molecule has 0 saturated heterocycles. The first-order valence-corrected chi connectivity index (χ1v) is 7.88. The molecule has 0 amide bonds. The van der Waals surface area contributed by atoms with Crippen LogP contribution in [0.25, 0.3) is 10.9 Å². The van der Waals surface area contributed by atoms with Crippen molar-refractivity contribution >= 4 is 28.4 Å². The number of nitrogen functional groups attached to an aromatic ring is 1. The van der Waals surface area contributed by atoms with Gasteiger partial charge in [-0.25, -0.2) is 0 Å². The van der Waals surface area contributed by atoms with Crippen LogP contribution in [0.15, 0.2) is 64.5 Å². The first-order valence-electron chi connectivity index (χ1n) is 7.06. The van der Waals surface area contributed by atoms with Crippen LogP contribution in [0.3, 0.4) is 0 Å². The van der Waals surface area contributed by atoms with Gasteiger partial charge < -0.3 is 5.73 Å². The molecular formula is C18H18N2S. The van der Waals surface area contributed by atoms with E-state index in [0.717, 1.165) is 21.5 Å². The second-order valence-electron chi connectivity index (χ2n) is 5.38. The largest absolute Gasteiger partial charge is 0.398 e. The van der Waals surface area contributed by atoms with Crippen LogP contribution in [0.2, 0.25) is 0 Å². The number of hydrogen-bond acceptors (Lipinski definition) is 3. The van der Waals surface area contributed by atoms with Crippen LogP contribution in [0.4, 0.5) is 5.69 Å². The lowest BCUT2D eigenvalue weighted by atomic mass is 10.0. The summed E-state index contributed by atoms with van der Waals surface area (Å²) in [7, 11) is 0. The van der Waals surface area contributed by atoms with Crippen LogP contribution < -0.4 is 5.73 Å². The molecule has 0 aliphatic heterocycles. The molecule has 3 aromatic rings. The maximum absolute atomic E-state index is 6.02. The molecule has 0 aliphatic rings. The lowest BCUT2D eigenvalue weighted by Crippen LogP contribution is -1.90. The van der Waals surface area contributed by atoms with Crippen LogP contribution in [0.5, 0.6) is 0 Å². The topological polar surface area (TPSA) is 38.9 Å². The van der Waals surface area contributed by atoms with E-state index in [1.54, 1.807) is 11.8 Å². The Kier molecular flexibility index (Phi) is 3.84. The summed E-state index contributed by atoms with van der Waals surface area (Å²) in [5, 5.41) is 1.02. The van der Waals surface area contributed by atoms with Gasteiger partial charge in [0.25, 0.3) is 0 Å². The fourth-order valence-corrected chi connectivity index (χ4v) is 3.22. The fourth-order valence-electron chi connectivity index (χ4n) is 2.30. The third kappa shape index (κ3) is 2.88. The SMILES string of the molecule is CC(C)c1ccc(Sc2ccc(N)c3cccnc23)cc1. The second-order valence-corrected chi connectivity index (χ2v) is 6.49. The Morgan fingerprint density at radius 1 is 1.00 bits per heavy atom. The average molecular weight is 294 g/mol. The predicted octanol–water partition coefficient (Wildman–Crippen LogP) is 5.09. The molecule has 0 spiro atoms. The summed E-state index contributed by atoms with van der Waals surface area (Å²) in [5.41, 5.74) is 9.13. The first-order chi connectivity index (χ1) is 10.1. The number of pyridine rings is 1. The van der Waals surface area contributed by atoms with Crippen molar-refractivity contribution < 1.29 is 0 Å². The Labute approximate surface area is 129 Å². The standard InChI is InChI=1S/C18H18N2S/c1-12(2)13-5-7-14(8-6-13)21-17-10-9-16(19)15-4-3-11-20-18(15)17/h3-12H,19H2,1-2H3. The van der Waals surface area contributed by atoms with Crippen molar-refractivity contribution in [3.05, 3.63) is 60.3 Å². The normalized spacial score (nSPS) is 11.2. The van der Waals surface area contributed by atoms with Gasteiger partial charge in [0, 0.05) is 27.1 Å². The van der Waals surface area contributed by atoms with Crippen molar-refractivity contribution in [2.24, 2.45) is 0 Å². The van der Waals surface area contributed by atoms with Gasteiger partial charge in [0.15, 0.2) is 0 Å². The maximum Gasteiger partial charge on any atom is 0.0861 e. The average Bonchev–Trinajstić information content (AvgIpc) is 2.51. The summed E-state index contributed by atoms with van der Waals surface area (Å²) in [6, 6.07) is 16.7. The van der Waals surface area contributed by atoms with Crippen molar-refractivity contribution in [3.8, 4) is 0 Å². The van der Waals surface area contributed by atoms with Gasteiger partial charge in [-0.3, -0.25) is 4.98 Å². The van der Waals surface area contributed by atoms with Crippen LogP contribution >= 0.6 is 11.8 Å². The minimum atomic E-state index is 0.558. The van der Waals surface area contributed by atoms with E-state index >= 15 is 0 Å². The van der Waals surface area contributed by atoms with Gasteiger partial charge in [0.2, 0.25) is 0 Å². The molecule has 0 saturated carbocycles. The van der Waals surface area contributed by atoms with Crippen LogP contribution in [0, 0.1) is 0 Å². The van der Waals surface area contributed by atoms with Gasteiger partial charge in [0.1, 0.15) is 0 Å². The molecule has 0 radical (unpaired) electrons. The molecule has 1 aromatic heterocycles. The zero-order chi connectivity index (χ0) is 14.8. The lowest BCUT2D eigenvalue weighted by Gasteiger charge is -2.09. The number of nitrogens with zero attached hydrogens (tertiary/aromatic N) is 1. The second kappa shape index (κ2) is 5.78. The third-order valence-corrected chi connectivity index (χ3v) is 4.60. The lowest BCUT2D eigenvalue weighted by molar-refractivity contribution is 0.865. The highest BCUT2D eigenvalue weighted by Gasteiger charge is 2.07. The fraction of sp³-hybridized carbons (Fsp3) is 0.167. The number of rotatable bonds is 3. The molecular weight excluding hydrogens is 276 g/mol. The Balaban J connectivity index is 1.96. The highest BCUT2D eigenvalue weighted by Crippen LogP contribution is 2.35. The first kappa shape index (κ1) is 14.0. The minimum absolute atomic E-state index is 0.558. The summed E-state index contributed by atoms with van der Waals surface area (Å²) in [5.74, 6) is 0.558. The van der Waals surface area contributed by atoms with Gasteiger partial charge in [-0.05, 0) is 47.9 Å². The van der Waals surface area contributed by atoms with Gasteiger partial charge >= 0.3 is 0 Å². The summed E-state index contributed by atoms with van der Waals surface area (Å²) in [6.45, 7) is 4.42. The van der Waals surface area contributed by atoms with E-state index in [1.807, 2.05) is 30.5 Å². The van der Waals surface area contributed by atoms with Crippen molar-refractivity contribution in [2.75, 3.05) is 5.73 Å². The van der Waals surface area contributed by atoms with Crippen molar-refractivity contribution in [3.63, 3.8) is 0 Å². The zero-order valence-corrected chi connectivity index (χ0v) is 13.0. The Bertz CT molecular complexity index is 764.